The van der Waals surface area contributed by atoms with E-state index in [2.05, 4.69) is 18.7 Å². The Balaban J connectivity index is 2.01. The maximum atomic E-state index is 12.8. The van der Waals surface area contributed by atoms with Gasteiger partial charge in [0.15, 0.2) is 5.54 Å². The Morgan fingerprint density at radius 1 is 1.38 bits per heavy atom. The summed E-state index contributed by atoms with van der Waals surface area (Å²) in [6, 6.07) is 7.62. The Bertz CT molecular complexity index is 625. The average molecular weight is 349 g/mol. The number of halogens is 1. The molecule has 2 aliphatic rings. The molecule has 1 fully saturated rings. The van der Waals surface area contributed by atoms with Gasteiger partial charge in [-0.3, -0.25) is 4.99 Å². The van der Waals surface area contributed by atoms with E-state index in [4.69, 9.17) is 21.3 Å². The third-order valence-electron chi connectivity index (χ3n) is 4.83. The van der Waals surface area contributed by atoms with Crippen LogP contribution in [0.4, 0.5) is 0 Å². The number of methoxy groups -OCH3 is 1. The monoisotopic (exact) mass is 348 g/mol. The van der Waals surface area contributed by atoms with Gasteiger partial charge in [0.2, 0.25) is 0 Å². The standard InChI is InChI=1S/C19H25ClN2O2/c1-13(2)10-19(18(23)24-3)17(15-6-8-16(20)9-7-15)22(12-21-19)11-14-4-5-14/h6-9,12-14,17H,4-5,10-11H2,1-3H3/t17-,19+/m0/s1. The topological polar surface area (TPSA) is 41.9 Å². The molecular formula is C19H25ClN2O2. The Hall–Kier alpha value is -1.55. The van der Waals surface area contributed by atoms with Crippen molar-refractivity contribution in [3.63, 3.8) is 0 Å². The van der Waals surface area contributed by atoms with Crippen molar-refractivity contribution >= 4 is 23.9 Å². The minimum atomic E-state index is -0.883. The molecule has 1 aromatic rings. The van der Waals surface area contributed by atoms with Crippen molar-refractivity contribution in [2.75, 3.05) is 13.7 Å². The first-order valence-corrected chi connectivity index (χ1v) is 8.99. The van der Waals surface area contributed by atoms with Crippen LogP contribution in [0.5, 0.6) is 0 Å². The van der Waals surface area contributed by atoms with Gasteiger partial charge in [-0.1, -0.05) is 37.6 Å². The molecule has 1 heterocycles. The third kappa shape index (κ3) is 3.30. The zero-order valence-corrected chi connectivity index (χ0v) is 15.3. The maximum absolute atomic E-state index is 12.8. The van der Waals surface area contributed by atoms with Crippen molar-refractivity contribution in [1.29, 1.82) is 0 Å². The van der Waals surface area contributed by atoms with Crippen LogP contribution in [0.1, 0.15) is 44.7 Å². The van der Waals surface area contributed by atoms with E-state index < -0.39 is 5.54 Å². The average Bonchev–Trinajstić information content (AvgIpc) is 3.29. The van der Waals surface area contributed by atoms with Gasteiger partial charge < -0.3 is 9.64 Å². The van der Waals surface area contributed by atoms with E-state index in [-0.39, 0.29) is 12.0 Å². The summed E-state index contributed by atoms with van der Waals surface area (Å²) in [6.07, 6.45) is 5.03. The number of carbonyl (C=O) groups is 1. The lowest BCUT2D eigenvalue weighted by atomic mass is 9.79. The summed E-state index contributed by atoms with van der Waals surface area (Å²) in [6.45, 7) is 5.17. The van der Waals surface area contributed by atoms with Crippen molar-refractivity contribution in [2.45, 2.75) is 44.7 Å². The van der Waals surface area contributed by atoms with Crippen LogP contribution in [0, 0.1) is 11.8 Å². The molecule has 0 amide bonds. The summed E-state index contributed by atoms with van der Waals surface area (Å²) in [5.74, 6) is 0.779. The molecule has 3 rings (SSSR count). The van der Waals surface area contributed by atoms with E-state index in [0.717, 1.165) is 12.1 Å². The lowest BCUT2D eigenvalue weighted by molar-refractivity contribution is -0.149. The number of carbonyl (C=O) groups excluding carboxylic acids is 1. The van der Waals surface area contributed by atoms with Crippen LogP contribution >= 0.6 is 11.6 Å². The molecule has 0 aromatic heterocycles. The molecule has 0 unspecified atom stereocenters. The van der Waals surface area contributed by atoms with E-state index >= 15 is 0 Å². The summed E-state index contributed by atoms with van der Waals surface area (Å²) in [5.41, 5.74) is 0.176. The van der Waals surface area contributed by atoms with Crippen LogP contribution in [0.3, 0.4) is 0 Å². The van der Waals surface area contributed by atoms with Crippen molar-refractivity contribution < 1.29 is 9.53 Å². The molecule has 1 aliphatic carbocycles. The fraction of sp³-hybridized carbons (Fsp3) is 0.579. The number of esters is 1. The highest BCUT2D eigenvalue weighted by atomic mass is 35.5. The number of ether oxygens (including phenoxy) is 1. The number of hydrogen-bond acceptors (Lipinski definition) is 4. The second kappa shape index (κ2) is 6.75. The summed E-state index contributed by atoms with van der Waals surface area (Å²) < 4.78 is 5.18. The number of nitrogens with zero attached hydrogens (tertiary/aromatic N) is 2. The molecule has 1 saturated carbocycles. The van der Waals surface area contributed by atoms with Gasteiger partial charge in [-0.25, -0.2) is 4.79 Å². The van der Waals surface area contributed by atoms with Gasteiger partial charge in [0, 0.05) is 11.6 Å². The molecule has 5 heteroatoms. The first-order valence-electron chi connectivity index (χ1n) is 8.61. The number of rotatable bonds is 6. The smallest absolute Gasteiger partial charge is 0.336 e. The second-order valence-electron chi connectivity index (χ2n) is 7.35. The molecule has 2 atom stereocenters. The Morgan fingerprint density at radius 3 is 2.58 bits per heavy atom. The zero-order valence-electron chi connectivity index (χ0n) is 14.5. The van der Waals surface area contributed by atoms with Crippen molar-refractivity contribution in [1.82, 2.24) is 4.90 Å². The van der Waals surface area contributed by atoms with E-state index in [9.17, 15) is 4.79 Å². The largest absolute Gasteiger partial charge is 0.467 e. The van der Waals surface area contributed by atoms with Gasteiger partial charge >= 0.3 is 5.97 Å². The normalized spacial score (nSPS) is 26.2. The highest BCUT2D eigenvalue weighted by Gasteiger charge is 2.53. The zero-order chi connectivity index (χ0) is 17.3. The summed E-state index contributed by atoms with van der Waals surface area (Å²) in [7, 11) is 1.45. The lowest BCUT2D eigenvalue weighted by Gasteiger charge is -2.36. The Morgan fingerprint density at radius 2 is 2.04 bits per heavy atom. The molecule has 0 saturated heterocycles. The number of hydrogen-bond donors (Lipinski definition) is 0. The van der Waals surface area contributed by atoms with E-state index in [1.807, 2.05) is 30.6 Å². The van der Waals surface area contributed by atoms with E-state index in [1.54, 1.807) is 0 Å². The molecule has 4 nitrogen and oxygen atoms in total. The van der Waals surface area contributed by atoms with Gasteiger partial charge in [-0.2, -0.15) is 0 Å². The number of aliphatic imine (C=N–C) groups is 1. The SMILES string of the molecule is COC(=O)[C@]1(CC(C)C)N=CN(CC2CC2)[C@H]1c1ccc(Cl)cc1. The fourth-order valence-electron chi connectivity index (χ4n) is 3.66. The van der Waals surface area contributed by atoms with Crippen LogP contribution in [0.15, 0.2) is 29.3 Å². The van der Waals surface area contributed by atoms with Crippen molar-refractivity contribution in [3.05, 3.63) is 34.9 Å². The molecule has 0 radical (unpaired) electrons. The summed E-state index contributed by atoms with van der Waals surface area (Å²) in [4.78, 5) is 19.7. The molecule has 0 N–H and O–H groups in total. The summed E-state index contributed by atoms with van der Waals surface area (Å²) >= 11 is 6.06. The van der Waals surface area contributed by atoms with Crippen molar-refractivity contribution in [3.8, 4) is 0 Å². The predicted octanol–water partition coefficient (Wildman–Crippen LogP) is 4.09. The van der Waals surface area contributed by atoms with Crippen molar-refractivity contribution in [2.24, 2.45) is 16.8 Å². The molecule has 1 aromatic carbocycles. The third-order valence-corrected chi connectivity index (χ3v) is 5.08. The van der Waals surface area contributed by atoms with E-state index in [1.165, 1.54) is 20.0 Å². The van der Waals surface area contributed by atoms with Crippen LogP contribution < -0.4 is 0 Å². The predicted molar refractivity (Wildman–Crippen MR) is 96.3 cm³/mol. The van der Waals surface area contributed by atoms with Crippen LogP contribution in [0.2, 0.25) is 5.02 Å². The van der Waals surface area contributed by atoms with Crippen LogP contribution in [0.25, 0.3) is 0 Å². The number of benzene rings is 1. The van der Waals surface area contributed by atoms with Gasteiger partial charge in [-0.05, 0) is 48.8 Å². The highest BCUT2D eigenvalue weighted by molar-refractivity contribution is 6.30. The molecular weight excluding hydrogens is 324 g/mol. The first-order chi connectivity index (χ1) is 11.5. The Kier molecular flexibility index (Phi) is 4.86. The molecule has 1 aliphatic heterocycles. The minimum Gasteiger partial charge on any atom is -0.467 e. The molecule has 0 spiro atoms. The van der Waals surface area contributed by atoms with Gasteiger partial charge in [0.05, 0.1) is 19.5 Å². The van der Waals surface area contributed by atoms with E-state index in [0.29, 0.717) is 23.3 Å². The maximum Gasteiger partial charge on any atom is 0.336 e. The van der Waals surface area contributed by atoms with Crippen LogP contribution in [-0.4, -0.2) is 36.4 Å². The van der Waals surface area contributed by atoms with Gasteiger partial charge in [0.25, 0.3) is 0 Å². The Labute approximate surface area is 148 Å². The first kappa shape index (κ1) is 17.3. The molecule has 0 bridgehead atoms. The minimum absolute atomic E-state index is 0.134. The lowest BCUT2D eigenvalue weighted by Crippen LogP contribution is -2.47. The van der Waals surface area contributed by atoms with Gasteiger partial charge in [-0.15, -0.1) is 0 Å². The molecule has 130 valence electrons. The molecule has 24 heavy (non-hydrogen) atoms. The fourth-order valence-corrected chi connectivity index (χ4v) is 3.79. The summed E-state index contributed by atoms with van der Waals surface area (Å²) in [5, 5.41) is 0.693. The van der Waals surface area contributed by atoms with Gasteiger partial charge in [0.1, 0.15) is 0 Å². The quantitative estimate of drug-likeness (QED) is 0.727. The highest BCUT2D eigenvalue weighted by Crippen LogP contribution is 2.45. The van der Waals surface area contributed by atoms with Crippen LogP contribution in [-0.2, 0) is 9.53 Å². The second-order valence-corrected chi connectivity index (χ2v) is 7.79.